The molecule has 102 valence electrons. The number of rotatable bonds is 4. The van der Waals surface area contributed by atoms with Gasteiger partial charge in [-0.25, -0.2) is 4.79 Å². The van der Waals surface area contributed by atoms with Gasteiger partial charge in [-0.3, -0.25) is 0 Å². The number of ether oxygens (including phenoxy) is 2. The first-order valence-electron chi connectivity index (χ1n) is 6.10. The highest BCUT2D eigenvalue weighted by Gasteiger charge is 2.42. The summed E-state index contributed by atoms with van der Waals surface area (Å²) in [7, 11) is 3.20. The van der Waals surface area contributed by atoms with Crippen molar-refractivity contribution in [2.75, 3.05) is 14.2 Å². The van der Waals surface area contributed by atoms with Crippen LogP contribution in [0.25, 0.3) is 0 Å². The first-order valence-corrected chi connectivity index (χ1v) is 6.89. The summed E-state index contributed by atoms with van der Waals surface area (Å²) in [6.07, 6.45) is 4.49. The van der Waals surface area contributed by atoms with E-state index in [-0.39, 0.29) is 0 Å². The fraction of sp³-hybridized carbons (Fsp3) is 0.500. The Morgan fingerprint density at radius 3 is 2.47 bits per heavy atom. The number of hydrogen-bond donors (Lipinski definition) is 0. The van der Waals surface area contributed by atoms with Crippen LogP contribution in [0.3, 0.4) is 0 Å². The van der Waals surface area contributed by atoms with Crippen LogP contribution in [0.1, 0.15) is 30.4 Å². The molecule has 1 aromatic carbocycles. The highest BCUT2D eigenvalue weighted by molar-refractivity contribution is 9.10. The van der Waals surface area contributed by atoms with Crippen LogP contribution in [0.15, 0.2) is 15.5 Å². The van der Waals surface area contributed by atoms with Gasteiger partial charge in [0, 0.05) is 5.56 Å². The maximum atomic E-state index is 10.7. The molecule has 1 aliphatic rings. The van der Waals surface area contributed by atoms with Crippen LogP contribution in [0.4, 0.5) is 0 Å². The molecule has 0 aromatic heterocycles. The number of aliphatic imine (C=N–C) groups is 1. The first kappa shape index (κ1) is 14.1. The number of methoxy groups -OCH3 is 2. The van der Waals surface area contributed by atoms with Gasteiger partial charge in [-0.15, -0.1) is 0 Å². The van der Waals surface area contributed by atoms with E-state index in [1.807, 2.05) is 13.0 Å². The lowest BCUT2D eigenvalue weighted by Crippen LogP contribution is -2.33. The van der Waals surface area contributed by atoms with Crippen molar-refractivity contribution in [2.45, 2.75) is 31.7 Å². The Hall–Kier alpha value is -1.32. The molecule has 19 heavy (non-hydrogen) atoms. The van der Waals surface area contributed by atoms with Gasteiger partial charge in [0.05, 0.1) is 24.2 Å². The van der Waals surface area contributed by atoms with E-state index in [1.54, 1.807) is 20.3 Å². The summed E-state index contributed by atoms with van der Waals surface area (Å²) in [5.41, 5.74) is 1.58. The number of aryl methyl sites for hydroxylation is 1. The van der Waals surface area contributed by atoms with E-state index in [4.69, 9.17) is 9.47 Å². The molecule has 0 spiro atoms. The lowest BCUT2D eigenvalue weighted by molar-refractivity contribution is 0.251. The lowest BCUT2D eigenvalue weighted by atomic mass is 9.71. The van der Waals surface area contributed by atoms with E-state index in [9.17, 15) is 4.79 Å². The molecule has 2 rings (SSSR count). The number of carbonyl (C=O) groups excluding carboxylic acids is 1. The third-order valence-corrected chi connectivity index (χ3v) is 4.47. The van der Waals surface area contributed by atoms with Gasteiger partial charge >= 0.3 is 0 Å². The first-order chi connectivity index (χ1) is 9.09. The van der Waals surface area contributed by atoms with E-state index in [1.165, 1.54) is 0 Å². The normalized spacial score (nSPS) is 16.2. The summed E-state index contributed by atoms with van der Waals surface area (Å²) in [6.45, 7) is 1.99. The summed E-state index contributed by atoms with van der Waals surface area (Å²) in [5, 5.41) is 0. The lowest BCUT2D eigenvalue weighted by Gasteiger charge is -2.39. The van der Waals surface area contributed by atoms with Crippen molar-refractivity contribution in [3.63, 3.8) is 0 Å². The van der Waals surface area contributed by atoms with E-state index < -0.39 is 5.54 Å². The summed E-state index contributed by atoms with van der Waals surface area (Å²) < 4.78 is 11.5. The van der Waals surface area contributed by atoms with Gasteiger partial charge in [-0.1, -0.05) is 0 Å². The smallest absolute Gasteiger partial charge is 0.235 e. The van der Waals surface area contributed by atoms with Crippen molar-refractivity contribution < 1.29 is 14.3 Å². The van der Waals surface area contributed by atoms with E-state index in [0.29, 0.717) is 11.5 Å². The summed E-state index contributed by atoms with van der Waals surface area (Å²) >= 11 is 3.57. The van der Waals surface area contributed by atoms with Gasteiger partial charge in [0.25, 0.3) is 0 Å². The van der Waals surface area contributed by atoms with E-state index in [2.05, 4.69) is 20.9 Å². The predicted molar refractivity (Wildman–Crippen MR) is 75.6 cm³/mol. The minimum atomic E-state index is -0.454. The molecule has 0 N–H and O–H groups in total. The van der Waals surface area contributed by atoms with Crippen LogP contribution in [-0.4, -0.2) is 20.3 Å². The van der Waals surface area contributed by atoms with Crippen LogP contribution in [0.2, 0.25) is 0 Å². The molecule has 4 nitrogen and oxygen atoms in total. The molecule has 0 aliphatic heterocycles. The van der Waals surface area contributed by atoms with Crippen molar-refractivity contribution in [1.82, 2.24) is 0 Å². The number of nitrogens with zero attached hydrogens (tertiary/aromatic N) is 1. The van der Waals surface area contributed by atoms with Crippen molar-refractivity contribution in [3.8, 4) is 11.5 Å². The van der Waals surface area contributed by atoms with E-state index >= 15 is 0 Å². The van der Waals surface area contributed by atoms with Gasteiger partial charge in [0.2, 0.25) is 6.08 Å². The molecule has 1 fully saturated rings. The molecule has 1 saturated carbocycles. The van der Waals surface area contributed by atoms with Crippen molar-refractivity contribution >= 4 is 22.0 Å². The highest BCUT2D eigenvalue weighted by atomic mass is 79.9. The van der Waals surface area contributed by atoms with Crippen LogP contribution in [-0.2, 0) is 10.3 Å². The second-order valence-electron chi connectivity index (χ2n) is 4.71. The van der Waals surface area contributed by atoms with Crippen LogP contribution in [0.5, 0.6) is 11.5 Å². The highest BCUT2D eigenvalue weighted by Crippen LogP contribution is 2.52. The molecule has 1 aromatic rings. The Kier molecular flexibility index (Phi) is 3.97. The van der Waals surface area contributed by atoms with Gasteiger partial charge in [0.15, 0.2) is 11.5 Å². The second kappa shape index (κ2) is 5.35. The standard InChI is InChI=1S/C14H16BrNO3/c1-9-7-10(18-2)13(19-3)12(15)11(9)14(16-8-17)5-4-6-14/h7H,4-6H2,1-3H3. The molecule has 1 aliphatic carbocycles. The van der Waals surface area contributed by atoms with Crippen LogP contribution < -0.4 is 9.47 Å². The zero-order valence-electron chi connectivity index (χ0n) is 11.2. The Morgan fingerprint density at radius 2 is 2.05 bits per heavy atom. The average Bonchev–Trinajstić information content (AvgIpc) is 2.34. The fourth-order valence-electron chi connectivity index (χ4n) is 2.66. The fourth-order valence-corrected chi connectivity index (χ4v) is 3.70. The Morgan fingerprint density at radius 1 is 1.37 bits per heavy atom. The summed E-state index contributed by atoms with van der Waals surface area (Å²) in [4.78, 5) is 14.8. The quantitative estimate of drug-likeness (QED) is 0.629. The van der Waals surface area contributed by atoms with Crippen LogP contribution >= 0.6 is 15.9 Å². The summed E-state index contributed by atoms with van der Waals surface area (Å²) in [5.74, 6) is 1.30. The van der Waals surface area contributed by atoms with Crippen LogP contribution in [0, 0.1) is 6.92 Å². The third-order valence-electron chi connectivity index (χ3n) is 3.71. The Bertz CT molecular complexity index is 546. The molecule has 0 heterocycles. The SMILES string of the molecule is COc1cc(C)c(C2(N=C=O)CCC2)c(Br)c1OC. The minimum Gasteiger partial charge on any atom is -0.493 e. The maximum absolute atomic E-state index is 10.7. The van der Waals surface area contributed by atoms with Gasteiger partial charge < -0.3 is 9.47 Å². The molecule has 0 unspecified atom stereocenters. The molecule has 0 amide bonds. The van der Waals surface area contributed by atoms with E-state index in [0.717, 1.165) is 34.9 Å². The maximum Gasteiger partial charge on any atom is 0.235 e. The Labute approximate surface area is 120 Å². The third kappa shape index (κ3) is 2.17. The second-order valence-corrected chi connectivity index (χ2v) is 5.50. The average molecular weight is 326 g/mol. The number of halogens is 1. The molecular formula is C14H16BrNO3. The molecule has 0 bridgehead atoms. The zero-order chi connectivity index (χ0) is 14.0. The molecule has 5 heteroatoms. The predicted octanol–water partition coefficient (Wildman–Crippen LogP) is 3.49. The van der Waals surface area contributed by atoms with Gasteiger partial charge in [-0.05, 0) is 53.7 Å². The topological polar surface area (TPSA) is 47.9 Å². The zero-order valence-corrected chi connectivity index (χ0v) is 12.8. The molecular weight excluding hydrogens is 310 g/mol. The molecule has 0 saturated heterocycles. The van der Waals surface area contributed by atoms with Crippen molar-refractivity contribution in [2.24, 2.45) is 4.99 Å². The molecule has 0 radical (unpaired) electrons. The largest absolute Gasteiger partial charge is 0.493 e. The number of hydrogen-bond acceptors (Lipinski definition) is 4. The number of benzene rings is 1. The van der Waals surface area contributed by atoms with Gasteiger partial charge in [-0.2, -0.15) is 4.99 Å². The Balaban J connectivity index is 2.67. The number of isocyanates is 1. The minimum absolute atomic E-state index is 0.454. The van der Waals surface area contributed by atoms with Crippen molar-refractivity contribution in [3.05, 3.63) is 21.7 Å². The van der Waals surface area contributed by atoms with Crippen molar-refractivity contribution in [1.29, 1.82) is 0 Å². The summed E-state index contributed by atoms with van der Waals surface area (Å²) in [6, 6.07) is 1.92. The van der Waals surface area contributed by atoms with Gasteiger partial charge in [0.1, 0.15) is 0 Å². The monoisotopic (exact) mass is 325 g/mol. The molecule has 0 atom stereocenters.